The second-order valence-corrected chi connectivity index (χ2v) is 3.81. The Balaban J connectivity index is 2.46. The molecule has 0 aromatic rings. The molecular weight excluding hydrogens is 182 g/mol. The first-order valence-electron chi connectivity index (χ1n) is 4.78. The SMILES string of the molecule is CC(N)CC(=O)N1CCN(C)C(=O)C1. The summed E-state index contributed by atoms with van der Waals surface area (Å²) in [5.74, 6) is -0.0317. The minimum absolute atomic E-state index is 0.00530. The predicted molar refractivity (Wildman–Crippen MR) is 52.5 cm³/mol. The van der Waals surface area contributed by atoms with Gasteiger partial charge in [0.15, 0.2) is 0 Å². The van der Waals surface area contributed by atoms with Crippen molar-refractivity contribution >= 4 is 11.8 Å². The van der Waals surface area contributed by atoms with Crippen LogP contribution >= 0.6 is 0 Å². The molecule has 1 fully saturated rings. The van der Waals surface area contributed by atoms with Crippen molar-refractivity contribution in [2.75, 3.05) is 26.7 Å². The number of hydrogen-bond acceptors (Lipinski definition) is 3. The van der Waals surface area contributed by atoms with Crippen molar-refractivity contribution in [3.63, 3.8) is 0 Å². The van der Waals surface area contributed by atoms with Crippen LogP contribution in [-0.4, -0.2) is 54.3 Å². The summed E-state index contributed by atoms with van der Waals surface area (Å²) in [5.41, 5.74) is 5.52. The van der Waals surface area contributed by atoms with Gasteiger partial charge in [-0.05, 0) is 6.92 Å². The van der Waals surface area contributed by atoms with Gasteiger partial charge in [0, 0.05) is 32.6 Å². The topological polar surface area (TPSA) is 66.6 Å². The second-order valence-electron chi connectivity index (χ2n) is 3.81. The summed E-state index contributed by atoms with van der Waals surface area (Å²) in [6.45, 7) is 3.22. The van der Waals surface area contributed by atoms with E-state index in [9.17, 15) is 9.59 Å². The van der Waals surface area contributed by atoms with E-state index in [0.29, 0.717) is 19.5 Å². The molecule has 0 aliphatic carbocycles. The molecule has 1 aliphatic rings. The zero-order chi connectivity index (χ0) is 10.7. The van der Waals surface area contributed by atoms with Gasteiger partial charge in [-0.1, -0.05) is 0 Å². The van der Waals surface area contributed by atoms with Crippen LogP contribution in [0.1, 0.15) is 13.3 Å². The predicted octanol–water partition coefficient (Wildman–Crippen LogP) is -0.976. The molecule has 5 heteroatoms. The van der Waals surface area contributed by atoms with Crippen molar-refractivity contribution in [3.8, 4) is 0 Å². The number of rotatable bonds is 2. The first-order chi connectivity index (χ1) is 6.50. The quantitative estimate of drug-likeness (QED) is 0.622. The Labute approximate surface area is 83.8 Å². The van der Waals surface area contributed by atoms with Gasteiger partial charge in [-0.2, -0.15) is 0 Å². The molecule has 1 atom stereocenters. The average Bonchev–Trinajstić information content (AvgIpc) is 2.08. The molecule has 0 aromatic carbocycles. The Morgan fingerprint density at radius 3 is 2.71 bits per heavy atom. The highest BCUT2D eigenvalue weighted by atomic mass is 16.2. The van der Waals surface area contributed by atoms with E-state index in [4.69, 9.17) is 5.73 Å². The summed E-state index contributed by atoms with van der Waals surface area (Å²) in [6, 6.07) is -0.141. The lowest BCUT2D eigenvalue weighted by molar-refractivity contribution is -0.144. The minimum Gasteiger partial charge on any atom is -0.342 e. The molecule has 1 rings (SSSR count). The van der Waals surface area contributed by atoms with Gasteiger partial charge in [-0.25, -0.2) is 0 Å². The molecule has 1 heterocycles. The summed E-state index contributed by atoms with van der Waals surface area (Å²) in [6.07, 6.45) is 0.316. The van der Waals surface area contributed by atoms with Crippen LogP contribution in [0, 0.1) is 0 Å². The van der Waals surface area contributed by atoms with Crippen LogP contribution in [0.4, 0.5) is 0 Å². The Morgan fingerprint density at radius 1 is 1.57 bits per heavy atom. The number of amides is 2. The monoisotopic (exact) mass is 199 g/mol. The third-order valence-electron chi connectivity index (χ3n) is 2.31. The fourth-order valence-corrected chi connectivity index (χ4v) is 1.38. The van der Waals surface area contributed by atoms with Crippen LogP contribution < -0.4 is 5.73 Å². The highest BCUT2D eigenvalue weighted by molar-refractivity contribution is 5.86. The summed E-state index contributed by atoms with van der Waals surface area (Å²) in [4.78, 5) is 26.0. The van der Waals surface area contributed by atoms with Crippen molar-refractivity contribution < 1.29 is 9.59 Å². The highest BCUT2D eigenvalue weighted by Gasteiger charge is 2.24. The Morgan fingerprint density at radius 2 is 2.21 bits per heavy atom. The normalized spacial score (nSPS) is 19.8. The Kier molecular flexibility index (Phi) is 3.46. The molecule has 2 amide bonds. The van der Waals surface area contributed by atoms with E-state index in [2.05, 4.69) is 0 Å². The smallest absolute Gasteiger partial charge is 0.241 e. The maximum Gasteiger partial charge on any atom is 0.241 e. The van der Waals surface area contributed by atoms with Crippen molar-refractivity contribution in [2.24, 2.45) is 5.73 Å². The van der Waals surface area contributed by atoms with Gasteiger partial charge >= 0.3 is 0 Å². The summed E-state index contributed by atoms with van der Waals surface area (Å²) >= 11 is 0. The molecule has 1 unspecified atom stereocenters. The molecule has 1 saturated heterocycles. The van der Waals surface area contributed by atoms with Gasteiger partial charge in [-0.3, -0.25) is 9.59 Å². The molecule has 0 bridgehead atoms. The van der Waals surface area contributed by atoms with Crippen LogP contribution in [0.25, 0.3) is 0 Å². The molecule has 5 nitrogen and oxygen atoms in total. The van der Waals surface area contributed by atoms with Gasteiger partial charge in [-0.15, -0.1) is 0 Å². The second kappa shape index (κ2) is 4.41. The van der Waals surface area contributed by atoms with Gasteiger partial charge in [0.1, 0.15) is 0 Å². The van der Waals surface area contributed by atoms with Crippen molar-refractivity contribution in [1.29, 1.82) is 0 Å². The number of nitrogens with two attached hydrogens (primary N) is 1. The molecular formula is C9H17N3O2. The van der Waals surface area contributed by atoms with E-state index in [1.54, 1.807) is 23.8 Å². The molecule has 0 spiro atoms. The molecule has 2 N–H and O–H groups in total. The van der Waals surface area contributed by atoms with Crippen LogP contribution in [0.2, 0.25) is 0 Å². The van der Waals surface area contributed by atoms with Gasteiger partial charge in [0.05, 0.1) is 6.54 Å². The Hall–Kier alpha value is -1.10. The van der Waals surface area contributed by atoms with E-state index < -0.39 is 0 Å². The first-order valence-corrected chi connectivity index (χ1v) is 4.78. The maximum absolute atomic E-state index is 11.5. The number of likely N-dealkylation sites (N-methyl/N-ethyl adjacent to an activating group) is 1. The molecule has 80 valence electrons. The van der Waals surface area contributed by atoms with E-state index in [1.165, 1.54) is 0 Å². The number of piperazine rings is 1. The van der Waals surface area contributed by atoms with E-state index in [-0.39, 0.29) is 24.4 Å². The van der Waals surface area contributed by atoms with Gasteiger partial charge < -0.3 is 15.5 Å². The Bertz CT molecular complexity index is 240. The van der Waals surface area contributed by atoms with Gasteiger partial charge in [0.2, 0.25) is 11.8 Å². The highest BCUT2D eigenvalue weighted by Crippen LogP contribution is 2.04. The summed E-state index contributed by atoms with van der Waals surface area (Å²) in [7, 11) is 1.75. The summed E-state index contributed by atoms with van der Waals surface area (Å²) in [5, 5.41) is 0. The number of nitrogens with zero attached hydrogens (tertiary/aromatic N) is 2. The zero-order valence-electron chi connectivity index (χ0n) is 8.69. The van der Waals surface area contributed by atoms with Crippen LogP contribution in [0.5, 0.6) is 0 Å². The number of carbonyl (C=O) groups is 2. The lowest BCUT2D eigenvalue weighted by Gasteiger charge is -2.32. The number of carbonyl (C=O) groups excluding carboxylic acids is 2. The van der Waals surface area contributed by atoms with Crippen LogP contribution in [-0.2, 0) is 9.59 Å². The maximum atomic E-state index is 11.5. The minimum atomic E-state index is -0.141. The number of hydrogen-bond donors (Lipinski definition) is 1. The largest absolute Gasteiger partial charge is 0.342 e. The summed E-state index contributed by atoms with van der Waals surface area (Å²) < 4.78 is 0. The average molecular weight is 199 g/mol. The lowest BCUT2D eigenvalue weighted by Crippen LogP contribution is -2.51. The van der Waals surface area contributed by atoms with E-state index in [1.807, 2.05) is 0 Å². The standard InChI is InChI=1S/C9H17N3O2/c1-7(10)5-8(13)12-4-3-11(2)9(14)6-12/h7H,3-6,10H2,1-2H3. The third-order valence-corrected chi connectivity index (χ3v) is 2.31. The van der Waals surface area contributed by atoms with Crippen LogP contribution in [0.3, 0.4) is 0 Å². The van der Waals surface area contributed by atoms with E-state index in [0.717, 1.165) is 0 Å². The van der Waals surface area contributed by atoms with Crippen molar-refractivity contribution in [3.05, 3.63) is 0 Å². The van der Waals surface area contributed by atoms with Crippen LogP contribution in [0.15, 0.2) is 0 Å². The fourth-order valence-electron chi connectivity index (χ4n) is 1.38. The van der Waals surface area contributed by atoms with Gasteiger partial charge in [0.25, 0.3) is 0 Å². The molecule has 1 aliphatic heterocycles. The third kappa shape index (κ3) is 2.70. The lowest BCUT2D eigenvalue weighted by atomic mass is 10.2. The zero-order valence-corrected chi connectivity index (χ0v) is 8.69. The molecule has 0 saturated carbocycles. The van der Waals surface area contributed by atoms with E-state index >= 15 is 0 Å². The molecule has 0 aromatic heterocycles. The fraction of sp³-hybridized carbons (Fsp3) is 0.778. The molecule has 14 heavy (non-hydrogen) atoms. The van der Waals surface area contributed by atoms with Crippen molar-refractivity contribution in [1.82, 2.24) is 9.80 Å². The van der Waals surface area contributed by atoms with Crippen molar-refractivity contribution in [2.45, 2.75) is 19.4 Å². The molecule has 0 radical (unpaired) electrons. The first kappa shape index (κ1) is 11.0.